The standard InChI is InChI=1S/C48H86NO8P/c1-6-8-10-12-14-16-18-20-22-23-24-25-27-28-30-32-34-36-38-40-47(50)54-44-46(45-56-58(52,53)55-43-42-49(3,4)5)57-48(51)41-39-37-35-33-31-29-26-21-19-17-15-13-11-9-7-2/h9,11,13,15,17,19-22,26,46H,6-8,10,12,14,16,18,23-25,27-45H2,1-5H3/b11-9+,15-13+,19-17+,22-20+,26-21+/t46-/m1/s1. The van der Waals surface area contributed by atoms with Gasteiger partial charge in [-0.25, -0.2) is 0 Å². The summed E-state index contributed by atoms with van der Waals surface area (Å²) in [4.78, 5) is 37.6. The fourth-order valence-electron chi connectivity index (χ4n) is 6.01. The minimum absolute atomic E-state index is 0.0386. The van der Waals surface area contributed by atoms with Gasteiger partial charge in [-0.1, -0.05) is 171 Å². The van der Waals surface area contributed by atoms with Gasteiger partial charge in [-0.15, -0.1) is 0 Å². The van der Waals surface area contributed by atoms with E-state index in [0.29, 0.717) is 17.4 Å². The number of carbonyl (C=O) groups excluding carboxylic acids is 2. The van der Waals surface area contributed by atoms with Crippen LogP contribution in [0.2, 0.25) is 0 Å². The molecule has 0 spiro atoms. The normalized spacial score (nSPS) is 14.1. The number of unbranched alkanes of at least 4 members (excludes halogenated alkanes) is 20. The lowest BCUT2D eigenvalue weighted by Crippen LogP contribution is -2.37. The smallest absolute Gasteiger partial charge is 0.306 e. The average molecular weight is 836 g/mol. The molecule has 1 unspecified atom stereocenters. The highest BCUT2D eigenvalue weighted by Crippen LogP contribution is 2.38. The van der Waals surface area contributed by atoms with Crippen molar-refractivity contribution in [1.29, 1.82) is 0 Å². The number of carbonyl (C=O) groups is 2. The van der Waals surface area contributed by atoms with Crippen molar-refractivity contribution in [3.63, 3.8) is 0 Å². The third-order valence-corrected chi connectivity index (χ3v) is 10.6. The number of allylic oxidation sites excluding steroid dienone is 10. The van der Waals surface area contributed by atoms with Crippen molar-refractivity contribution in [3.8, 4) is 0 Å². The van der Waals surface area contributed by atoms with E-state index in [-0.39, 0.29) is 26.1 Å². The number of rotatable bonds is 41. The fraction of sp³-hybridized carbons (Fsp3) is 0.750. The van der Waals surface area contributed by atoms with Gasteiger partial charge in [0.15, 0.2) is 6.10 Å². The van der Waals surface area contributed by atoms with Crippen LogP contribution in [-0.4, -0.2) is 70.0 Å². The Morgan fingerprint density at radius 1 is 0.552 bits per heavy atom. The molecule has 0 aromatic rings. The number of esters is 2. The van der Waals surface area contributed by atoms with Crippen molar-refractivity contribution >= 4 is 19.8 Å². The Morgan fingerprint density at radius 3 is 1.52 bits per heavy atom. The summed E-state index contributed by atoms with van der Waals surface area (Å²) >= 11 is 0. The van der Waals surface area contributed by atoms with Crippen molar-refractivity contribution in [2.45, 2.75) is 187 Å². The van der Waals surface area contributed by atoms with Gasteiger partial charge in [-0.05, 0) is 57.8 Å². The Bertz CT molecular complexity index is 1170. The van der Waals surface area contributed by atoms with E-state index in [1.807, 2.05) is 51.5 Å². The summed E-state index contributed by atoms with van der Waals surface area (Å²) in [5, 5.41) is 0. The monoisotopic (exact) mass is 836 g/mol. The highest BCUT2D eigenvalue weighted by atomic mass is 31.2. The molecule has 0 saturated carbocycles. The summed E-state index contributed by atoms with van der Waals surface area (Å²) in [5.74, 6) is -0.866. The van der Waals surface area contributed by atoms with Crippen molar-refractivity contribution in [2.24, 2.45) is 0 Å². The first-order valence-corrected chi connectivity index (χ1v) is 24.5. The van der Waals surface area contributed by atoms with Gasteiger partial charge in [0.25, 0.3) is 7.82 Å². The van der Waals surface area contributed by atoms with Gasteiger partial charge in [0.05, 0.1) is 27.7 Å². The van der Waals surface area contributed by atoms with Gasteiger partial charge < -0.3 is 27.9 Å². The molecule has 0 N–H and O–H groups in total. The zero-order chi connectivity index (χ0) is 42.8. The van der Waals surface area contributed by atoms with E-state index in [0.717, 1.165) is 57.8 Å². The first-order chi connectivity index (χ1) is 28.0. The van der Waals surface area contributed by atoms with Gasteiger partial charge in [0.2, 0.25) is 0 Å². The van der Waals surface area contributed by atoms with Gasteiger partial charge >= 0.3 is 11.9 Å². The number of hydrogen-bond donors (Lipinski definition) is 0. The summed E-state index contributed by atoms with van der Waals surface area (Å²) in [6, 6.07) is 0. The molecule has 336 valence electrons. The van der Waals surface area contributed by atoms with E-state index in [1.165, 1.54) is 89.9 Å². The second kappa shape index (κ2) is 40.1. The van der Waals surface area contributed by atoms with Gasteiger partial charge in [-0.2, -0.15) is 0 Å². The molecule has 0 fully saturated rings. The Labute approximate surface area is 356 Å². The quantitative estimate of drug-likeness (QED) is 0.0149. The van der Waals surface area contributed by atoms with Crippen molar-refractivity contribution < 1.29 is 42.1 Å². The molecule has 0 aliphatic rings. The first-order valence-electron chi connectivity index (χ1n) is 23.0. The molecular weight excluding hydrogens is 750 g/mol. The van der Waals surface area contributed by atoms with E-state index >= 15 is 0 Å². The number of phosphoric acid groups is 1. The Kier molecular flexibility index (Phi) is 38.5. The fourth-order valence-corrected chi connectivity index (χ4v) is 6.74. The largest absolute Gasteiger partial charge is 0.756 e. The molecule has 0 aliphatic heterocycles. The summed E-state index contributed by atoms with van der Waals surface area (Å²) in [6.45, 7) is 4.05. The molecule has 9 nitrogen and oxygen atoms in total. The van der Waals surface area contributed by atoms with E-state index in [1.54, 1.807) is 0 Å². The highest BCUT2D eigenvalue weighted by Gasteiger charge is 2.21. The molecule has 0 rings (SSSR count). The summed E-state index contributed by atoms with van der Waals surface area (Å²) in [5.41, 5.74) is 0. The molecule has 0 bridgehead atoms. The zero-order valence-corrected chi connectivity index (χ0v) is 38.6. The maximum Gasteiger partial charge on any atom is 0.306 e. The second-order valence-electron chi connectivity index (χ2n) is 16.5. The van der Waals surface area contributed by atoms with E-state index in [4.69, 9.17) is 18.5 Å². The van der Waals surface area contributed by atoms with E-state index < -0.39 is 32.5 Å². The van der Waals surface area contributed by atoms with Crippen molar-refractivity contribution in [2.75, 3.05) is 47.5 Å². The minimum Gasteiger partial charge on any atom is -0.756 e. The van der Waals surface area contributed by atoms with Crippen molar-refractivity contribution in [1.82, 2.24) is 0 Å². The maximum atomic E-state index is 12.7. The van der Waals surface area contributed by atoms with Gasteiger partial charge in [-0.3, -0.25) is 14.2 Å². The van der Waals surface area contributed by atoms with Gasteiger partial charge in [0.1, 0.15) is 19.8 Å². The summed E-state index contributed by atoms with van der Waals surface area (Å²) in [6.07, 6.45) is 48.2. The van der Waals surface area contributed by atoms with E-state index in [9.17, 15) is 19.0 Å². The first kappa shape index (κ1) is 55.7. The van der Waals surface area contributed by atoms with Crippen LogP contribution < -0.4 is 4.89 Å². The number of phosphoric ester groups is 1. The van der Waals surface area contributed by atoms with Crippen LogP contribution >= 0.6 is 7.82 Å². The lowest BCUT2D eigenvalue weighted by atomic mass is 10.1. The van der Waals surface area contributed by atoms with Crippen molar-refractivity contribution in [3.05, 3.63) is 60.8 Å². The number of hydrogen-bond acceptors (Lipinski definition) is 8. The summed E-state index contributed by atoms with van der Waals surface area (Å²) < 4.78 is 33.9. The van der Waals surface area contributed by atoms with Crippen LogP contribution in [0.4, 0.5) is 0 Å². The lowest BCUT2D eigenvalue weighted by molar-refractivity contribution is -0.870. The predicted molar refractivity (Wildman–Crippen MR) is 240 cm³/mol. The SMILES string of the molecule is CC/C=C/C=C/C=C/C=C/CCCCCCCC(=O)O[C@H](COC(=O)CCCCCCCCCCC/C=C/CCCCCCCC)COP(=O)([O-])OCC[N+](C)(C)C. The second-order valence-corrected chi connectivity index (χ2v) is 17.9. The zero-order valence-electron chi connectivity index (χ0n) is 37.7. The lowest BCUT2D eigenvalue weighted by Gasteiger charge is -2.28. The number of likely N-dealkylation sites (N-methyl/N-ethyl adjacent to an activating group) is 1. The van der Waals surface area contributed by atoms with Crippen LogP contribution in [0.15, 0.2) is 60.8 Å². The maximum absolute atomic E-state index is 12.7. The number of nitrogens with zero attached hydrogens (tertiary/aromatic N) is 1. The number of quaternary nitrogens is 1. The van der Waals surface area contributed by atoms with Crippen LogP contribution in [0.1, 0.15) is 181 Å². The minimum atomic E-state index is -4.64. The third-order valence-electron chi connectivity index (χ3n) is 9.62. The van der Waals surface area contributed by atoms with Crippen LogP contribution in [0.5, 0.6) is 0 Å². The molecular formula is C48H86NO8P. The highest BCUT2D eigenvalue weighted by molar-refractivity contribution is 7.45. The average Bonchev–Trinajstić information content (AvgIpc) is 3.17. The topological polar surface area (TPSA) is 111 Å². The van der Waals surface area contributed by atoms with Crippen LogP contribution in [-0.2, 0) is 32.7 Å². The summed E-state index contributed by atoms with van der Waals surface area (Å²) in [7, 11) is 1.14. The Balaban J connectivity index is 4.34. The molecule has 10 heteroatoms. The van der Waals surface area contributed by atoms with Crippen LogP contribution in [0.25, 0.3) is 0 Å². The van der Waals surface area contributed by atoms with Gasteiger partial charge in [0, 0.05) is 12.8 Å². The molecule has 0 amide bonds. The molecule has 2 atom stereocenters. The third kappa shape index (κ3) is 43.3. The molecule has 0 aromatic carbocycles. The molecule has 0 aromatic heterocycles. The molecule has 0 aliphatic carbocycles. The predicted octanol–water partition coefficient (Wildman–Crippen LogP) is 12.6. The molecule has 0 radical (unpaired) electrons. The Hall–Kier alpha value is -2.29. The molecule has 0 heterocycles. The Morgan fingerprint density at radius 2 is 1.00 bits per heavy atom. The van der Waals surface area contributed by atoms with Crippen LogP contribution in [0, 0.1) is 0 Å². The molecule has 0 saturated heterocycles. The molecule has 58 heavy (non-hydrogen) atoms. The number of ether oxygens (including phenoxy) is 2. The van der Waals surface area contributed by atoms with Crippen LogP contribution in [0.3, 0.4) is 0 Å². The van der Waals surface area contributed by atoms with E-state index in [2.05, 4.69) is 44.2 Å².